The SMILES string of the molecule is CC.O=c1[nH]cnc2cc(N3CCOCC3)cnc12. The zero-order valence-electron chi connectivity index (χ0n) is 11.2. The number of pyridine rings is 1. The second-order valence-electron chi connectivity index (χ2n) is 3.89. The van der Waals surface area contributed by atoms with Gasteiger partial charge in [-0.2, -0.15) is 0 Å². The first-order valence-electron chi connectivity index (χ1n) is 6.51. The van der Waals surface area contributed by atoms with Crippen LogP contribution in [0.2, 0.25) is 0 Å². The fourth-order valence-corrected chi connectivity index (χ4v) is 1.94. The maximum absolute atomic E-state index is 11.5. The standard InChI is InChI=1S/C11H12N4O2.C2H6/c16-11-10-9(13-7-14-11)5-8(6-12-10)15-1-3-17-4-2-15;1-2/h5-7H,1-4H2,(H,13,14,16);1-2H3. The van der Waals surface area contributed by atoms with E-state index in [1.807, 2.05) is 19.9 Å². The van der Waals surface area contributed by atoms with E-state index < -0.39 is 0 Å². The Balaban J connectivity index is 0.000000637. The van der Waals surface area contributed by atoms with Crippen LogP contribution in [0.15, 0.2) is 23.4 Å². The van der Waals surface area contributed by atoms with Crippen molar-refractivity contribution in [3.05, 3.63) is 28.9 Å². The van der Waals surface area contributed by atoms with Crippen LogP contribution in [0.3, 0.4) is 0 Å². The molecule has 6 heteroatoms. The van der Waals surface area contributed by atoms with Crippen LogP contribution in [-0.2, 0) is 4.74 Å². The molecule has 2 aromatic rings. The number of fused-ring (bicyclic) bond motifs is 1. The van der Waals surface area contributed by atoms with Gasteiger partial charge in [-0.3, -0.25) is 4.79 Å². The summed E-state index contributed by atoms with van der Waals surface area (Å²) in [4.78, 5) is 24.5. The van der Waals surface area contributed by atoms with E-state index in [1.165, 1.54) is 6.33 Å². The number of anilines is 1. The smallest absolute Gasteiger partial charge is 0.277 e. The van der Waals surface area contributed by atoms with Gasteiger partial charge in [0.05, 0.1) is 36.9 Å². The third kappa shape index (κ3) is 2.90. The zero-order chi connectivity index (χ0) is 13.7. The highest BCUT2D eigenvalue weighted by atomic mass is 16.5. The number of aromatic amines is 1. The lowest BCUT2D eigenvalue weighted by Gasteiger charge is -2.28. The Labute approximate surface area is 111 Å². The van der Waals surface area contributed by atoms with Gasteiger partial charge in [-0.05, 0) is 6.07 Å². The van der Waals surface area contributed by atoms with Crippen molar-refractivity contribution in [2.75, 3.05) is 31.2 Å². The van der Waals surface area contributed by atoms with E-state index in [-0.39, 0.29) is 5.56 Å². The molecule has 19 heavy (non-hydrogen) atoms. The summed E-state index contributed by atoms with van der Waals surface area (Å²) >= 11 is 0. The lowest BCUT2D eigenvalue weighted by molar-refractivity contribution is 0.122. The molecule has 102 valence electrons. The molecular formula is C13H18N4O2. The maximum Gasteiger partial charge on any atom is 0.277 e. The number of hydrogen-bond donors (Lipinski definition) is 1. The number of nitrogens with zero attached hydrogens (tertiary/aromatic N) is 3. The number of ether oxygens (including phenoxy) is 1. The summed E-state index contributed by atoms with van der Waals surface area (Å²) in [6, 6.07) is 1.89. The van der Waals surface area contributed by atoms with Crippen LogP contribution in [0, 0.1) is 0 Å². The lowest BCUT2D eigenvalue weighted by Crippen LogP contribution is -2.36. The molecular weight excluding hydrogens is 244 g/mol. The highest BCUT2D eigenvalue weighted by molar-refractivity contribution is 5.76. The number of morpholine rings is 1. The van der Waals surface area contributed by atoms with Gasteiger partial charge in [0.2, 0.25) is 0 Å². The van der Waals surface area contributed by atoms with Crippen molar-refractivity contribution in [1.82, 2.24) is 15.0 Å². The van der Waals surface area contributed by atoms with Crippen molar-refractivity contribution < 1.29 is 4.74 Å². The predicted molar refractivity (Wildman–Crippen MR) is 74.5 cm³/mol. The first-order valence-corrected chi connectivity index (χ1v) is 6.51. The third-order valence-electron chi connectivity index (χ3n) is 2.84. The van der Waals surface area contributed by atoms with Gasteiger partial charge >= 0.3 is 0 Å². The largest absolute Gasteiger partial charge is 0.378 e. The molecule has 0 aromatic carbocycles. The van der Waals surface area contributed by atoms with Gasteiger partial charge in [-0.1, -0.05) is 13.8 Å². The van der Waals surface area contributed by atoms with Crippen molar-refractivity contribution in [3.63, 3.8) is 0 Å². The van der Waals surface area contributed by atoms with Gasteiger partial charge < -0.3 is 14.6 Å². The molecule has 0 unspecified atom stereocenters. The topological polar surface area (TPSA) is 71.1 Å². The zero-order valence-corrected chi connectivity index (χ0v) is 11.2. The Morgan fingerprint density at radius 1 is 1.26 bits per heavy atom. The number of aromatic nitrogens is 3. The number of hydrogen-bond acceptors (Lipinski definition) is 5. The van der Waals surface area contributed by atoms with Crippen LogP contribution < -0.4 is 10.5 Å². The van der Waals surface area contributed by atoms with Crippen molar-refractivity contribution in [2.24, 2.45) is 0 Å². The molecule has 0 amide bonds. The van der Waals surface area contributed by atoms with E-state index in [9.17, 15) is 4.79 Å². The second kappa shape index (κ2) is 6.29. The molecule has 3 heterocycles. The van der Waals surface area contributed by atoms with E-state index in [4.69, 9.17) is 4.74 Å². The van der Waals surface area contributed by atoms with Crippen LogP contribution in [0.25, 0.3) is 11.0 Å². The molecule has 2 aromatic heterocycles. The van der Waals surface area contributed by atoms with Gasteiger partial charge in [-0.25, -0.2) is 9.97 Å². The van der Waals surface area contributed by atoms with E-state index in [1.54, 1.807) is 6.20 Å². The molecule has 1 aliphatic heterocycles. The van der Waals surface area contributed by atoms with Crippen LogP contribution >= 0.6 is 0 Å². The minimum absolute atomic E-state index is 0.205. The Kier molecular flexibility index (Phi) is 4.46. The summed E-state index contributed by atoms with van der Waals surface area (Å²) in [5.74, 6) is 0. The Morgan fingerprint density at radius 3 is 2.74 bits per heavy atom. The molecule has 1 fully saturated rings. The molecule has 1 saturated heterocycles. The molecule has 0 saturated carbocycles. The molecule has 6 nitrogen and oxygen atoms in total. The van der Waals surface area contributed by atoms with Gasteiger partial charge in [0.15, 0.2) is 5.52 Å². The van der Waals surface area contributed by atoms with Crippen molar-refractivity contribution in [3.8, 4) is 0 Å². The van der Waals surface area contributed by atoms with E-state index in [0.29, 0.717) is 11.0 Å². The number of H-pyrrole nitrogens is 1. The Morgan fingerprint density at radius 2 is 2.00 bits per heavy atom. The first-order chi connectivity index (χ1) is 9.34. The van der Waals surface area contributed by atoms with E-state index in [0.717, 1.165) is 32.0 Å². The predicted octanol–water partition coefficient (Wildman–Crippen LogP) is 1.18. The minimum Gasteiger partial charge on any atom is -0.378 e. The van der Waals surface area contributed by atoms with Crippen LogP contribution in [0.5, 0.6) is 0 Å². The molecule has 1 N–H and O–H groups in total. The van der Waals surface area contributed by atoms with Crippen molar-refractivity contribution >= 4 is 16.7 Å². The maximum atomic E-state index is 11.5. The fourth-order valence-electron chi connectivity index (χ4n) is 1.94. The van der Waals surface area contributed by atoms with Gasteiger partial charge in [-0.15, -0.1) is 0 Å². The van der Waals surface area contributed by atoms with Gasteiger partial charge in [0.25, 0.3) is 5.56 Å². The lowest BCUT2D eigenvalue weighted by atomic mass is 10.3. The van der Waals surface area contributed by atoms with E-state index >= 15 is 0 Å². The van der Waals surface area contributed by atoms with Crippen LogP contribution in [-0.4, -0.2) is 41.3 Å². The molecule has 0 atom stereocenters. The minimum atomic E-state index is -0.205. The second-order valence-corrected chi connectivity index (χ2v) is 3.89. The number of rotatable bonds is 1. The van der Waals surface area contributed by atoms with Gasteiger partial charge in [0, 0.05) is 13.1 Å². The van der Waals surface area contributed by atoms with Crippen LogP contribution in [0.1, 0.15) is 13.8 Å². The molecule has 0 bridgehead atoms. The molecule has 0 spiro atoms. The average Bonchev–Trinajstić information content (AvgIpc) is 2.50. The monoisotopic (exact) mass is 262 g/mol. The highest BCUT2D eigenvalue weighted by Crippen LogP contribution is 2.17. The first kappa shape index (κ1) is 13.5. The summed E-state index contributed by atoms with van der Waals surface area (Å²) in [7, 11) is 0. The Hall–Kier alpha value is -1.95. The summed E-state index contributed by atoms with van der Waals surface area (Å²) in [6.45, 7) is 7.13. The summed E-state index contributed by atoms with van der Waals surface area (Å²) in [5, 5.41) is 0. The van der Waals surface area contributed by atoms with Crippen LogP contribution in [0.4, 0.5) is 5.69 Å². The molecule has 0 radical (unpaired) electrons. The highest BCUT2D eigenvalue weighted by Gasteiger charge is 2.12. The number of nitrogens with one attached hydrogen (secondary N) is 1. The normalized spacial score (nSPS) is 14.9. The molecule has 3 rings (SSSR count). The summed E-state index contributed by atoms with van der Waals surface area (Å²) in [5.41, 5.74) is 1.78. The Bertz CT molecular complexity index is 590. The molecule has 1 aliphatic rings. The summed E-state index contributed by atoms with van der Waals surface area (Å²) < 4.78 is 5.30. The van der Waals surface area contributed by atoms with Gasteiger partial charge in [0.1, 0.15) is 0 Å². The van der Waals surface area contributed by atoms with Crippen molar-refractivity contribution in [2.45, 2.75) is 13.8 Å². The average molecular weight is 262 g/mol. The molecule has 0 aliphatic carbocycles. The van der Waals surface area contributed by atoms with Crippen molar-refractivity contribution in [1.29, 1.82) is 0 Å². The fraction of sp³-hybridized carbons (Fsp3) is 0.462. The van der Waals surface area contributed by atoms with E-state index in [2.05, 4.69) is 19.9 Å². The summed E-state index contributed by atoms with van der Waals surface area (Å²) in [6.07, 6.45) is 3.11. The quantitative estimate of drug-likeness (QED) is 0.835. The third-order valence-corrected chi connectivity index (χ3v) is 2.84.